The molecule has 2 N–H and O–H groups in total. The number of aryl methyl sites for hydroxylation is 1. The Morgan fingerprint density at radius 3 is 2.41 bits per heavy atom. The summed E-state index contributed by atoms with van der Waals surface area (Å²) in [4.78, 5) is 10.4. The highest BCUT2D eigenvalue weighted by Crippen LogP contribution is 2.37. The Kier molecular flexibility index (Phi) is 3.48. The molecule has 1 aliphatic carbocycles. The van der Waals surface area contributed by atoms with E-state index >= 15 is 0 Å². The molecule has 0 radical (unpaired) electrons. The van der Waals surface area contributed by atoms with Crippen LogP contribution in [0.25, 0.3) is 0 Å². The summed E-state index contributed by atoms with van der Waals surface area (Å²) < 4.78 is 4.97. The molecule has 17 heavy (non-hydrogen) atoms. The number of hydrogen-bond donors (Lipinski definition) is 1. The molecule has 1 aliphatic rings. The molecule has 1 aromatic carbocycles. The smallest absolute Gasteiger partial charge is 0.294 e. The van der Waals surface area contributed by atoms with Crippen LogP contribution in [0, 0.1) is 6.92 Å². The molecule has 3 heteroatoms. The highest BCUT2D eigenvalue weighted by Gasteiger charge is 2.33. The van der Waals surface area contributed by atoms with Gasteiger partial charge >= 0.3 is 0 Å². The summed E-state index contributed by atoms with van der Waals surface area (Å²) in [5, 5.41) is 0. The van der Waals surface area contributed by atoms with Gasteiger partial charge in [0.25, 0.3) is 6.47 Å². The third kappa shape index (κ3) is 2.86. The van der Waals surface area contributed by atoms with Gasteiger partial charge in [-0.1, -0.05) is 29.8 Å². The normalized spacial score (nSPS) is 28.7. The lowest BCUT2D eigenvalue weighted by atomic mass is 9.80. The number of nitrogens with two attached hydrogens (primary N) is 1. The predicted octanol–water partition coefficient (Wildman–Crippen LogP) is 2.48. The first-order valence-corrected chi connectivity index (χ1v) is 6.10. The van der Waals surface area contributed by atoms with Gasteiger partial charge in [-0.05, 0) is 31.2 Å². The first-order chi connectivity index (χ1) is 8.13. The van der Waals surface area contributed by atoms with Crippen LogP contribution in [0.5, 0.6) is 0 Å². The lowest BCUT2D eigenvalue weighted by molar-refractivity contribution is -0.146. The van der Waals surface area contributed by atoms with E-state index in [1.807, 2.05) is 0 Å². The van der Waals surface area contributed by atoms with Gasteiger partial charge in [0.2, 0.25) is 0 Å². The molecule has 0 unspecified atom stereocenters. The van der Waals surface area contributed by atoms with Crippen molar-refractivity contribution in [3.05, 3.63) is 35.4 Å². The van der Waals surface area contributed by atoms with E-state index in [1.54, 1.807) is 0 Å². The highest BCUT2D eigenvalue weighted by molar-refractivity contribution is 5.38. The van der Waals surface area contributed by atoms with Gasteiger partial charge in [-0.3, -0.25) is 10.5 Å². The van der Waals surface area contributed by atoms with E-state index in [2.05, 4.69) is 31.2 Å². The van der Waals surface area contributed by atoms with E-state index in [0.717, 1.165) is 25.7 Å². The lowest BCUT2D eigenvalue weighted by Crippen LogP contribution is -2.45. The van der Waals surface area contributed by atoms with Crippen molar-refractivity contribution in [2.45, 2.75) is 44.2 Å². The molecule has 0 spiro atoms. The first kappa shape index (κ1) is 12.1. The van der Waals surface area contributed by atoms with Crippen molar-refractivity contribution in [1.29, 1.82) is 0 Å². The van der Waals surface area contributed by atoms with Crippen LogP contribution in [0.4, 0.5) is 0 Å². The fraction of sp³-hybridized carbons (Fsp3) is 0.500. The second-order valence-electron chi connectivity index (χ2n) is 4.96. The van der Waals surface area contributed by atoms with Crippen LogP contribution in [-0.4, -0.2) is 12.2 Å². The van der Waals surface area contributed by atoms with Crippen molar-refractivity contribution in [1.82, 2.24) is 0 Å². The maximum Gasteiger partial charge on any atom is 0.294 e. The standard InChI is InChI=1S/C14H19NO2/c1-11-2-4-12(5-3-11)13-6-8-14(15,9-7-13)17-10-16/h2-5,10,13H,6-9,15H2,1H3. The molecule has 0 atom stereocenters. The number of rotatable bonds is 3. The van der Waals surface area contributed by atoms with Crippen LogP contribution in [-0.2, 0) is 9.53 Å². The molecule has 0 aliphatic heterocycles. The van der Waals surface area contributed by atoms with E-state index in [1.165, 1.54) is 11.1 Å². The second kappa shape index (κ2) is 4.88. The molecule has 92 valence electrons. The van der Waals surface area contributed by atoms with E-state index < -0.39 is 5.72 Å². The summed E-state index contributed by atoms with van der Waals surface area (Å²) in [6.45, 7) is 2.56. The SMILES string of the molecule is Cc1ccc(C2CCC(N)(OC=O)CC2)cc1. The topological polar surface area (TPSA) is 52.3 Å². The molecular weight excluding hydrogens is 214 g/mol. The van der Waals surface area contributed by atoms with Crippen molar-refractivity contribution < 1.29 is 9.53 Å². The number of hydrogen-bond acceptors (Lipinski definition) is 3. The van der Waals surface area contributed by atoms with Gasteiger partial charge in [-0.2, -0.15) is 0 Å². The van der Waals surface area contributed by atoms with Crippen molar-refractivity contribution in [3.63, 3.8) is 0 Å². The molecule has 2 rings (SSSR count). The van der Waals surface area contributed by atoms with E-state index in [-0.39, 0.29) is 0 Å². The van der Waals surface area contributed by atoms with Gasteiger partial charge in [-0.25, -0.2) is 0 Å². The maximum absolute atomic E-state index is 10.4. The number of ether oxygens (including phenoxy) is 1. The summed E-state index contributed by atoms with van der Waals surface area (Å²) in [5.41, 5.74) is 7.89. The summed E-state index contributed by atoms with van der Waals surface area (Å²) in [6.07, 6.45) is 3.44. The molecule has 0 bridgehead atoms. The van der Waals surface area contributed by atoms with E-state index in [4.69, 9.17) is 10.5 Å². The molecular formula is C14H19NO2. The van der Waals surface area contributed by atoms with Gasteiger partial charge in [0, 0.05) is 12.8 Å². The van der Waals surface area contributed by atoms with Crippen LogP contribution in [0.15, 0.2) is 24.3 Å². The largest absolute Gasteiger partial charge is 0.446 e. The third-order valence-electron chi connectivity index (χ3n) is 3.66. The molecule has 1 aromatic rings. The average Bonchev–Trinajstić information content (AvgIpc) is 2.31. The summed E-state index contributed by atoms with van der Waals surface area (Å²) in [6, 6.07) is 8.65. The van der Waals surface area contributed by atoms with Crippen LogP contribution >= 0.6 is 0 Å². The van der Waals surface area contributed by atoms with Crippen LogP contribution in [0.1, 0.15) is 42.7 Å². The Hall–Kier alpha value is -1.35. The molecule has 0 heterocycles. The Morgan fingerprint density at radius 1 is 1.29 bits per heavy atom. The monoisotopic (exact) mass is 233 g/mol. The number of benzene rings is 1. The second-order valence-corrected chi connectivity index (χ2v) is 4.96. The maximum atomic E-state index is 10.4. The van der Waals surface area contributed by atoms with Crippen molar-refractivity contribution in [2.24, 2.45) is 5.73 Å². The van der Waals surface area contributed by atoms with Crippen molar-refractivity contribution >= 4 is 6.47 Å². The fourth-order valence-corrected chi connectivity index (χ4v) is 2.49. The Bertz CT molecular complexity index is 378. The van der Waals surface area contributed by atoms with Gasteiger partial charge in [0.15, 0.2) is 5.72 Å². The fourth-order valence-electron chi connectivity index (χ4n) is 2.49. The molecule has 1 saturated carbocycles. The quantitative estimate of drug-likeness (QED) is 0.644. The zero-order chi connectivity index (χ0) is 12.3. The molecule has 0 amide bonds. The average molecular weight is 233 g/mol. The number of carbonyl (C=O) groups excluding carboxylic acids is 1. The summed E-state index contributed by atoms with van der Waals surface area (Å²) in [7, 11) is 0. The van der Waals surface area contributed by atoms with Gasteiger partial charge in [0.05, 0.1) is 0 Å². The first-order valence-electron chi connectivity index (χ1n) is 6.10. The van der Waals surface area contributed by atoms with Crippen LogP contribution < -0.4 is 5.73 Å². The van der Waals surface area contributed by atoms with Gasteiger partial charge in [0.1, 0.15) is 0 Å². The van der Waals surface area contributed by atoms with Gasteiger partial charge in [-0.15, -0.1) is 0 Å². The Labute approximate surface area is 102 Å². The molecule has 0 aromatic heterocycles. The van der Waals surface area contributed by atoms with E-state index in [9.17, 15) is 4.79 Å². The minimum atomic E-state index is -0.733. The van der Waals surface area contributed by atoms with Crippen molar-refractivity contribution in [3.8, 4) is 0 Å². The molecule has 0 saturated heterocycles. The third-order valence-corrected chi connectivity index (χ3v) is 3.66. The predicted molar refractivity (Wildman–Crippen MR) is 66.5 cm³/mol. The molecule has 1 fully saturated rings. The summed E-state index contributed by atoms with van der Waals surface area (Å²) in [5.74, 6) is 0.544. The minimum Gasteiger partial charge on any atom is -0.446 e. The van der Waals surface area contributed by atoms with Crippen LogP contribution in [0.2, 0.25) is 0 Å². The van der Waals surface area contributed by atoms with Crippen LogP contribution in [0.3, 0.4) is 0 Å². The Morgan fingerprint density at radius 2 is 1.88 bits per heavy atom. The van der Waals surface area contributed by atoms with E-state index in [0.29, 0.717) is 12.4 Å². The number of carbonyl (C=O) groups is 1. The summed E-state index contributed by atoms with van der Waals surface area (Å²) >= 11 is 0. The lowest BCUT2D eigenvalue weighted by Gasteiger charge is -2.35. The highest BCUT2D eigenvalue weighted by atomic mass is 16.5. The van der Waals surface area contributed by atoms with Crippen molar-refractivity contribution in [2.75, 3.05) is 0 Å². The zero-order valence-corrected chi connectivity index (χ0v) is 10.2. The molecule has 3 nitrogen and oxygen atoms in total. The van der Waals surface area contributed by atoms with Gasteiger partial charge < -0.3 is 4.74 Å². The minimum absolute atomic E-state index is 0.464. The Balaban J connectivity index is 1.99. The zero-order valence-electron chi connectivity index (χ0n) is 10.2.